The monoisotopic (exact) mass is 267 g/mol. The van der Waals surface area contributed by atoms with E-state index in [2.05, 4.69) is 0 Å². The lowest BCUT2D eigenvalue weighted by molar-refractivity contribution is -0.124. The zero-order valence-electron chi connectivity index (χ0n) is 8.84. The second-order valence-electron chi connectivity index (χ2n) is 3.72. The third kappa shape index (κ3) is 1.98. The molecule has 0 spiro atoms. The smallest absolute Gasteiger partial charge is 0.238 e. The van der Waals surface area contributed by atoms with E-state index in [0.717, 1.165) is 17.1 Å². The first-order chi connectivity index (χ1) is 8.24. The largest absolute Gasteiger partial charge is 0.454 e. The first-order valence-electron chi connectivity index (χ1n) is 5.10. The summed E-state index contributed by atoms with van der Waals surface area (Å²) in [5.41, 5.74) is 0.993. The fourth-order valence-electron chi connectivity index (χ4n) is 1.76. The number of thiocarbonyl (C=S) groups is 1. The zero-order valence-corrected chi connectivity index (χ0v) is 10.5. The number of fused-ring (bicyclic) bond motifs is 1. The van der Waals surface area contributed by atoms with E-state index in [1.54, 1.807) is 4.90 Å². The molecule has 17 heavy (non-hydrogen) atoms. The van der Waals surface area contributed by atoms with Gasteiger partial charge >= 0.3 is 0 Å². The Morgan fingerprint density at radius 2 is 2.18 bits per heavy atom. The molecule has 0 unspecified atom stereocenters. The Balaban J connectivity index is 1.81. The Hall–Kier alpha value is -1.27. The fourth-order valence-corrected chi connectivity index (χ4v) is 2.82. The summed E-state index contributed by atoms with van der Waals surface area (Å²) in [5.74, 6) is 1.99. The predicted octanol–water partition coefficient (Wildman–Crippen LogP) is 1.78. The maximum absolute atomic E-state index is 11.6. The van der Waals surface area contributed by atoms with Crippen LogP contribution in [0.15, 0.2) is 18.2 Å². The van der Waals surface area contributed by atoms with Crippen LogP contribution in [0.1, 0.15) is 5.56 Å². The number of hydrogen-bond acceptors (Lipinski definition) is 5. The van der Waals surface area contributed by atoms with E-state index in [1.807, 2.05) is 18.2 Å². The molecule has 3 rings (SSSR count). The van der Waals surface area contributed by atoms with Gasteiger partial charge in [-0.1, -0.05) is 30.0 Å². The minimum atomic E-state index is 0.0673. The molecule has 2 heterocycles. The van der Waals surface area contributed by atoms with Gasteiger partial charge < -0.3 is 9.47 Å². The van der Waals surface area contributed by atoms with E-state index in [0.29, 0.717) is 16.6 Å². The van der Waals surface area contributed by atoms with Gasteiger partial charge in [0, 0.05) is 0 Å². The highest BCUT2D eigenvalue weighted by atomic mass is 32.2. The highest BCUT2D eigenvalue weighted by molar-refractivity contribution is 8.23. The molecule has 2 aliphatic rings. The van der Waals surface area contributed by atoms with Crippen LogP contribution in [-0.2, 0) is 11.3 Å². The van der Waals surface area contributed by atoms with Crippen LogP contribution in [0.4, 0.5) is 0 Å². The second kappa shape index (κ2) is 4.19. The number of thioether (sulfide) groups is 1. The lowest BCUT2D eigenvalue weighted by Crippen LogP contribution is -2.27. The van der Waals surface area contributed by atoms with Gasteiger partial charge in [0.1, 0.15) is 4.32 Å². The molecular weight excluding hydrogens is 258 g/mol. The van der Waals surface area contributed by atoms with Crippen molar-refractivity contribution in [2.75, 3.05) is 12.5 Å². The molecule has 0 radical (unpaired) electrons. The van der Waals surface area contributed by atoms with Crippen molar-refractivity contribution >= 4 is 34.2 Å². The van der Waals surface area contributed by atoms with Crippen molar-refractivity contribution in [3.8, 4) is 11.5 Å². The highest BCUT2D eigenvalue weighted by Crippen LogP contribution is 2.33. The molecule has 0 aliphatic carbocycles. The molecule has 88 valence electrons. The summed E-state index contributed by atoms with van der Waals surface area (Å²) in [6.07, 6.45) is 0. The average Bonchev–Trinajstić information content (AvgIpc) is 2.90. The van der Waals surface area contributed by atoms with E-state index in [9.17, 15) is 4.79 Å². The number of benzene rings is 1. The molecule has 6 heteroatoms. The molecule has 1 saturated heterocycles. The van der Waals surface area contributed by atoms with Crippen molar-refractivity contribution < 1.29 is 14.3 Å². The van der Waals surface area contributed by atoms with Gasteiger partial charge in [0.05, 0.1) is 12.3 Å². The molecule has 1 amide bonds. The summed E-state index contributed by atoms with van der Waals surface area (Å²) < 4.78 is 11.2. The van der Waals surface area contributed by atoms with Crippen LogP contribution in [0.25, 0.3) is 0 Å². The van der Waals surface area contributed by atoms with Crippen LogP contribution in [0, 0.1) is 0 Å². The van der Waals surface area contributed by atoms with Crippen LogP contribution >= 0.6 is 24.0 Å². The molecule has 0 atom stereocenters. The Kier molecular flexibility index (Phi) is 2.68. The van der Waals surface area contributed by atoms with Gasteiger partial charge in [0.15, 0.2) is 11.5 Å². The van der Waals surface area contributed by atoms with Gasteiger partial charge in [0.25, 0.3) is 0 Å². The number of amides is 1. The van der Waals surface area contributed by atoms with Crippen molar-refractivity contribution in [3.05, 3.63) is 23.8 Å². The van der Waals surface area contributed by atoms with Gasteiger partial charge in [-0.3, -0.25) is 9.69 Å². The van der Waals surface area contributed by atoms with Crippen LogP contribution in [0.5, 0.6) is 11.5 Å². The van der Waals surface area contributed by atoms with E-state index in [-0.39, 0.29) is 12.7 Å². The lowest BCUT2D eigenvalue weighted by atomic mass is 10.2. The minimum absolute atomic E-state index is 0.0673. The number of hydrogen-bond donors (Lipinski definition) is 0. The number of ether oxygens (including phenoxy) is 2. The Morgan fingerprint density at radius 1 is 1.35 bits per heavy atom. The first kappa shape index (κ1) is 10.9. The third-order valence-corrected chi connectivity index (χ3v) is 4.05. The van der Waals surface area contributed by atoms with E-state index >= 15 is 0 Å². The summed E-state index contributed by atoms with van der Waals surface area (Å²) in [4.78, 5) is 13.2. The maximum Gasteiger partial charge on any atom is 0.238 e. The summed E-state index contributed by atoms with van der Waals surface area (Å²) in [5, 5.41) is 0. The number of rotatable bonds is 2. The van der Waals surface area contributed by atoms with Crippen LogP contribution in [-0.4, -0.2) is 27.7 Å². The summed E-state index contributed by atoms with van der Waals surface area (Å²) in [6, 6.07) is 5.67. The van der Waals surface area contributed by atoms with Crippen molar-refractivity contribution in [2.45, 2.75) is 6.54 Å². The normalized spacial score (nSPS) is 18.0. The van der Waals surface area contributed by atoms with Gasteiger partial charge in [-0.05, 0) is 17.7 Å². The molecular formula is C11H9NO3S2. The molecule has 0 saturated carbocycles. The van der Waals surface area contributed by atoms with Gasteiger partial charge in [-0.25, -0.2) is 0 Å². The summed E-state index contributed by atoms with van der Waals surface area (Å²) in [6.45, 7) is 0.761. The van der Waals surface area contributed by atoms with Crippen molar-refractivity contribution in [3.63, 3.8) is 0 Å². The fraction of sp³-hybridized carbons (Fsp3) is 0.273. The zero-order chi connectivity index (χ0) is 11.8. The number of carbonyl (C=O) groups excluding carboxylic acids is 1. The van der Waals surface area contributed by atoms with Gasteiger partial charge in [-0.2, -0.15) is 0 Å². The number of nitrogens with zero attached hydrogens (tertiary/aromatic N) is 1. The minimum Gasteiger partial charge on any atom is -0.454 e. The molecule has 1 fully saturated rings. The van der Waals surface area contributed by atoms with E-state index in [4.69, 9.17) is 21.7 Å². The first-order valence-corrected chi connectivity index (χ1v) is 6.49. The third-order valence-electron chi connectivity index (χ3n) is 2.62. The standard InChI is InChI=1S/C11H9NO3S2/c13-10-5-17-11(16)12(10)4-7-1-2-8-9(3-7)15-6-14-8/h1-3H,4-6H2. The summed E-state index contributed by atoms with van der Waals surface area (Å²) in [7, 11) is 0. The van der Waals surface area contributed by atoms with E-state index in [1.165, 1.54) is 11.8 Å². The maximum atomic E-state index is 11.6. The molecule has 1 aromatic rings. The van der Waals surface area contributed by atoms with Crippen LogP contribution < -0.4 is 9.47 Å². The molecule has 4 nitrogen and oxygen atoms in total. The molecule has 0 bridgehead atoms. The van der Waals surface area contributed by atoms with E-state index < -0.39 is 0 Å². The average molecular weight is 267 g/mol. The summed E-state index contributed by atoms with van der Waals surface area (Å²) >= 11 is 6.54. The quantitative estimate of drug-likeness (QED) is 0.764. The highest BCUT2D eigenvalue weighted by Gasteiger charge is 2.27. The van der Waals surface area contributed by atoms with Gasteiger partial charge in [-0.15, -0.1) is 0 Å². The number of carbonyl (C=O) groups is 1. The Bertz CT molecular complexity index is 487. The van der Waals surface area contributed by atoms with Crippen LogP contribution in [0.2, 0.25) is 0 Å². The van der Waals surface area contributed by atoms with Crippen molar-refractivity contribution in [1.82, 2.24) is 4.90 Å². The molecule has 1 aromatic carbocycles. The molecule has 0 N–H and O–H groups in total. The predicted molar refractivity (Wildman–Crippen MR) is 68.2 cm³/mol. The SMILES string of the molecule is O=C1CSC(=S)N1Cc1ccc2c(c1)OCO2. The molecule has 2 aliphatic heterocycles. The van der Waals surface area contributed by atoms with Crippen LogP contribution in [0.3, 0.4) is 0 Å². The topological polar surface area (TPSA) is 38.8 Å². The second-order valence-corrected chi connectivity index (χ2v) is 5.33. The molecule has 0 aromatic heterocycles. The Labute approximate surface area is 108 Å². The van der Waals surface area contributed by atoms with Crippen molar-refractivity contribution in [1.29, 1.82) is 0 Å². The van der Waals surface area contributed by atoms with Gasteiger partial charge in [0.2, 0.25) is 12.7 Å². The van der Waals surface area contributed by atoms with Crippen molar-refractivity contribution in [2.24, 2.45) is 0 Å². The lowest BCUT2D eigenvalue weighted by Gasteiger charge is -2.14. The Morgan fingerprint density at radius 3 is 2.94 bits per heavy atom.